The topological polar surface area (TPSA) is 94.2 Å². The van der Waals surface area contributed by atoms with Gasteiger partial charge in [0.05, 0.1) is 13.2 Å². The van der Waals surface area contributed by atoms with Crippen LogP contribution in [-0.2, 0) is 14.3 Å². The summed E-state index contributed by atoms with van der Waals surface area (Å²) in [5.41, 5.74) is 3.25. The Balaban J connectivity index is 1.59. The Hall–Kier alpha value is -4.01. The molecule has 0 unspecified atom stereocenters. The summed E-state index contributed by atoms with van der Waals surface area (Å²) in [5.74, 6) is -0.321. The van der Waals surface area contributed by atoms with E-state index in [0.29, 0.717) is 23.6 Å². The van der Waals surface area contributed by atoms with Gasteiger partial charge in [-0.25, -0.2) is 0 Å². The number of ether oxygens (including phenoxy) is 3. The number of nitrogens with zero attached hydrogens (tertiary/aromatic N) is 1. The fourth-order valence-corrected chi connectivity index (χ4v) is 4.72. The number of amides is 1. The van der Waals surface area contributed by atoms with Gasteiger partial charge in [0, 0.05) is 45.0 Å². The maximum absolute atomic E-state index is 13.4. The molecule has 0 bridgehead atoms. The van der Waals surface area contributed by atoms with E-state index < -0.39 is 11.9 Å². The van der Waals surface area contributed by atoms with Crippen LogP contribution < -0.4 is 14.8 Å². The SMILES string of the molecule is CC(=O)Oc1ccc(C(c2ccc(OC(C)=O)cc2)c2ccccc2C(=O)NCCCN2CCOCC2)cc1. The number of esters is 2. The normalized spacial score (nSPS) is 13.6. The van der Waals surface area contributed by atoms with Gasteiger partial charge in [0.25, 0.3) is 5.91 Å². The van der Waals surface area contributed by atoms with Crippen LogP contribution in [0.5, 0.6) is 11.5 Å². The van der Waals surface area contributed by atoms with Crippen molar-refractivity contribution in [3.63, 3.8) is 0 Å². The molecule has 4 rings (SSSR count). The molecule has 0 aromatic heterocycles. The number of carbonyl (C=O) groups is 3. The second-order valence-electron chi connectivity index (χ2n) is 9.41. The molecule has 0 saturated carbocycles. The van der Waals surface area contributed by atoms with Gasteiger partial charge < -0.3 is 19.5 Å². The van der Waals surface area contributed by atoms with Crippen molar-refractivity contribution in [2.45, 2.75) is 26.2 Å². The van der Waals surface area contributed by atoms with E-state index >= 15 is 0 Å². The molecule has 39 heavy (non-hydrogen) atoms. The molecule has 0 radical (unpaired) electrons. The third-order valence-electron chi connectivity index (χ3n) is 6.51. The molecule has 1 saturated heterocycles. The van der Waals surface area contributed by atoms with Gasteiger partial charge in [-0.2, -0.15) is 0 Å². The maximum Gasteiger partial charge on any atom is 0.308 e. The van der Waals surface area contributed by atoms with Crippen LogP contribution in [0.15, 0.2) is 72.8 Å². The molecular weight excluding hydrogens is 496 g/mol. The van der Waals surface area contributed by atoms with Crippen LogP contribution in [0.2, 0.25) is 0 Å². The molecule has 1 heterocycles. The monoisotopic (exact) mass is 530 g/mol. The predicted molar refractivity (Wildman–Crippen MR) is 147 cm³/mol. The van der Waals surface area contributed by atoms with Gasteiger partial charge >= 0.3 is 11.9 Å². The van der Waals surface area contributed by atoms with Crippen molar-refractivity contribution in [3.8, 4) is 11.5 Å². The lowest BCUT2D eigenvalue weighted by molar-refractivity contribution is -0.132. The highest BCUT2D eigenvalue weighted by Crippen LogP contribution is 2.35. The van der Waals surface area contributed by atoms with E-state index in [-0.39, 0.29) is 11.8 Å². The second-order valence-corrected chi connectivity index (χ2v) is 9.41. The van der Waals surface area contributed by atoms with Gasteiger partial charge in [-0.05, 0) is 60.0 Å². The molecule has 1 aliphatic rings. The molecule has 204 valence electrons. The summed E-state index contributed by atoms with van der Waals surface area (Å²) in [4.78, 5) is 38.5. The average molecular weight is 531 g/mol. The molecule has 3 aromatic rings. The number of nitrogens with one attached hydrogen (secondary N) is 1. The first-order valence-corrected chi connectivity index (χ1v) is 13.1. The van der Waals surface area contributed by atoms with Crippen LogP contribution in [0, 0.1) is 0 Å². The van der Waals surface area contributed by atoms with Gasteiger partial charge in [-0.3, -0.25) is 19.3 Å². The predicted octanol–water partition coefficient (Wildman–Crippen LogP) is 4.17. The van der Waals surface area contributed by atoms with Gasteiger partial charge in [0.2, 0.25) is 0 Å². The van der Waals surface area contributed by atoms with E-state index in [9.17, 15) is 14.4 Å². The Bertz CT molecular complexity index is 1210. The molecule has 1 fully saturated rings. The van der Waals surface area contributed by atoms with E-state index in [1.807, 2.05) is 48.5 Å². The number of hydrogen-bond acceptors (Lipinski definition) is 7. The van der Waals surface area contributed by atoms with Crippen molar-refractivity contribution in [1.82, 2.24) is 10.2 Å². The number of hydrogen-bond donors (Lipinski definition) is 1. The first kappa shape index (κ1) is 28.0. The van der Waals surface area contributed by atoms with E-state index in [4.69, 9.17) is 14.2 Å². The van der Waals surface area contributed by atoms with Gasteiger partial charge in [0.1, 0.15) is 11.5 Å². The summed E-state index contributed by atoms with van der Waals surface area (Å²) in [7, 11) is 0. The first-order valence-electron chi connectivity index (χ1n) is 13.1. The number of benzene rings is 3. The first-order chi connectivity index (χ1) is 18.9. The van der Waals surface area contributed by atoms with Crippen LogP contribution in [0.1, 0.15) is 53.2 Å². The van der Waals surface area contributed by atoms with Crippen molar-refractivity contribution >= 4 is 17.8 Å². The fourth-order valence-electron chi connectivity index (χ4n) is 4.72. The highest BCUT2D eigenvalue weighted by molar-refractivity contribution is 5.96. The smallest absolute Gasteiger partial charge is 0.308 e. The molecular formula is C31H34N2O6. The summed E-state index contributed by atoms with van der Waals surface area (Å²) in [6.07, 6.45) is 0.854. The molecule has 0 atom stereocenters. The quantitative estimate of drug-likeness (QED) is 0.182. The molecule has 0 spiro atoms. The summed E-state index contributed by atoms with van der Waals surface area (Å²) in [5, 5.41) is 3.09. The second kappa shape index (κ2) is 13.7. The van der Waals surface area contributed by atoms with Gasteiger partial charge in [0.15, 0.2) is 0 Å². The lowest BCUT2D eigenvalue weighted by Crippen LogP contribution is -2.38. The van der Waals surface area contributed by atoms with Crippen LogP contribution >= 0.6 is 0 Å². The standard InChI is InChI=1S/C31H34N2O6/c1-22(34)38-26-12-8-24(9-13-26)30(25-10-14-27(15-11-25)39-23(2)35)28-6-3-4-7-29(28)31(36)32-16-5-17-33-18-20-37-21-19-33/h3-4,6-15,30H,5,16-21H2,1-2H3,(H,32,36). The Morgan fingerprint density at radius 2 is 1.36 bits per heavy atom. The summed E-state index contributed by atoms with van der Waals surface area (Å²) in [6, 6.07) is 22.1. The van der Waals surface area contributed by atoms with Crippen molar-refractivity contribution in [1.29, 1.82) is 0 Å². The zero-order chi connectivity index (χ0) is 27.6. The summed E-state index contributed by atoms with van der Waals surface area (Å²) in [6.45, 7) is 7.56. The lowest BCUT2D eigenvalue weighted by atomic mass is 9.82. The third-order valence-corrected chi connectivity index (χ3v) is 6.51. The van der Waals surface area contributed by atoms with E-state index in [2.05, 4.69) is 10.2 Å². The third kappa shape index (κ3) is 7.99. The molecule has 0 aliphatic carbocycles. The Morgan fingerprint density at radius 3 is 1.90 bits per heavy atom. The fraction of sp³-hybridized carbons (Fsp3) is 0.323. The largest absolute Gasteiger partial charge is 0.427 e. The van der Waals surface area contributed by atoms with Crippen molar-refractivity contribution in [3.05, 3.63) is 95.1 Å². The highest BCUT2D eigenvalue weighted by atomic mass is 16.5. The Kier molecular flexibility index (Phi) is 9.83. The minimum Gasteiger partial charge on any atom is -0.427 e. The van der Waals surface area contributed by atoms with Crippen LogP contribution in [-0.4, -0.2) is 62.1 Å². The lowest BCUT2D eigenvalue weighted by Gasteiger charge is -2.26. The molecule has 1 amide bonds. The minimum atomic E-state index is -0.393. The zero-order valence-corrected chi connectivity index (χ0v) is 22.4. The molecule has 8 heteroatoms. The van der Waals surface area contributed by atoms with Crippen molar-refractivity contribution in [2.24, 2.45) is 0 Å². The maximum atomic E-state index is 13.4. The number of carbonyl (C=O) groups excluding carboxylic acids is 3. The Morgan fingerprint density at radius 1 is 0.821 bits per heavy atom. The van der Waals surface area contributed by atoms with Crippen LogP contribution in [0.3, 0.4) is 0 Å². The van der Waals surface area contributed by atoms with Gasteiger partial charge in [-0.15, -0.1) is 0 Å². The number of morpholine rings is 1. The molecule has 1 N–H and O–H groups in total. The van der Waals surface area contributed by atoms with Crippen molar-refractivity contribution in [2.75, 3.05) is 39.4 Å². The Labute approximate surface area is 228 Å². The summed E-state index contributed by atoms with van der Waals surface area (Å²) < 4.78 is 15.8. The summed E-state index contributed by atoms with van der Waals surface area (Å²) >= 11 is 0. The zero-order valence-electron chi connectivity index (χ0n) is 22.4. The minimum absolute atomic E-state index is 0.134. The van der Waals surface area contributed by atoms with Crippen molar-refractivity contribution < 1.29 is 28.6 Å². The van der Waals surface area contributed by atoms with Gasteiger partial charge in [-0.1, -0.05) is 42.5 Å². The van der Waals surface area contributed by atoms with Crippen LogP contribution in [0.4, 0.5) is 0 Å². The highest BCUT2D eigenvalue weighted by Gasteiger charge is 2.23. The molecule has 8 nitrogen and oxygen atoms in total. The average Bonchev–Trinajstić information content (AvgIpc) is 2.93. The number of rotatable bonds is 10. The van der Waals surface area contributed by atoms with E-state index in [0.717, 1.165) is 56.0 Å². The van der Waals surface area contributed by atoms with E-state index in [1.54, 1.807) is 24.3 Å². The molecule has 1 aliphatic heterocycles. The molecule has 3 aromatic carbocycles. The van der Waals surface area contributed by atoms with Crippen LogP contribution in [0.25, 0.3) is 0 Å². The van der Waals surface area contributed by atoms with E-state index in [1.165, 1.54) is 13.8 Å².